The fourth-order valence-electron chi connectivity index (χ4n) is 1.96. The number of guanidine groups is 1. The second-order valence-corrected chi connectivity index (χ2v) is 5.78. The summed E-state index contributed by atoms with van der Waals surface area (Å²) >= 11 is 1.62. The molecule has 128 valence electrons. The van der Waals surface area contributed by atoms with E-state index in [1.807, 2.05) is 31.0 Å². The summed E-state index contributed by atoms with van der Waals surface area (Å²) in [5, 5.41) is 6.31. The first-order chi connectivity index (χ1) is 10.6. The molecule has 0 fully saturated rings. The van der Waals surface area contributed by atoms with Crippen molar-refractivity contribution in [3.05, 3.63) is 40.2 Å². The molecule has 0 aliphatic carbocycles. The second-order valence-electron chi connectivity index (χ2n) is 4.89. The van der Waals surface area contributed by atoms with Gasteiger partial charge in [0.15, 0.2) is 5.96 Å². The fourth-order valence-corrected chi connectivity index (χ4v) is 2.81. The normalized spacial score (nSPS) is 12.6. The van der Waals surface area contributed by atoms with Gasteiger partial charge in [-0.15, -0.1) is 35.3 Å². The highest BCUT2D eigenvalue weighted by molar-refractivity contribution is 14.0. The third kappa shape index (κ3) is 5.78. The van der Waals surface area contributed by atoms with E-state index < -0.39 is 0 Å². The lowest BCUT2D eigenvalue weighted by Crippen LogP contribution is -2.38. The van der Waals surface area contributed by atoms with Gasteiger partial charge in [-0.2, -0.15) is 0 Å². The minimum Gasteiger partial charge on any atom is -0.467 e. The molecule has 1 atom stereocenters. The largest absolute Gasteiger partial charge is 0.467 e. The number of rotatable bonds is 6. The van der Waals surface area contributed by atoms with E-state index in [1.54, 1.807) is 31.8 Å². The van der Waals surface area contributed by atoms with Crippen molar-refractivity contribution in [2.75, 3.05) is 21.2 Å². The molecule has 0 aliphatic rings. The van der Waals surface area contributed by atoms with E-state index in [0.717, 1.165) is 22.4 Å². The van der Waals surface area contributed by atoms with Crippen LogP contribution >= 0.6 is 35.3 Å². The molecule has 23 heavy (non-hydrogen) atoms. The Bertz CT molecular complexity index is 600. The van der Waals surface area contributed by atoms with Gasteiger partial charge in [-0.05, 0) is 19.1 Å². The first kappa shape index (κ1) is 19.9. The number of aliphatic imine (C=N–C) groups is 1. The van der Waals surface area contributed by atoms with Crippen molar-refractivity contribution in [2.24, 2.45) is 4.99 Å². The molecule has 0 aliphatic heterocycles. The average molecular weight is 450 g/mol. The number of aromatic nitrogens is 1. The highest BCUT2D eigenvalue weighted by Gasteiger charge is 2.12. The van der Waals surface area contributed by atoms with E-state index in [9.17, 15) is 0 Å². The summed E-state index contributed by atoms with van der Waals surface area (Å²) < 4.78 is 10.6. The highest BCUT2D eigenvalue weighted by Crippen LogP contribution is 2.20. The number of furan rings is 1. The summed E-state index contributed by atoms with van der Waals surface area (Å²) in [5.41, 5.74) is 1.01. The SMILES string of the molecule is CN=C(NCc1ccco1)N(C)Cc1csc(C(C)OC)n1.I. The fraction of sp³-hybridized carbons (Fsp3) is 0.467. The molecule has 0 saturated carbocycles. The maximum absolute atomic E-state index is 5.31. The van der Waals surface area contributed by atoms with Gasteiger partial charge in [-0.1, -0.05) is 0 Å². The van der Waals surface area contributed by atoms with Gasteiger partial charge in [-0.3, -0.25) is 4.99 Å². The Morgan fingerprint density at radius 3 is 2.96 bits per heavy atom. The van der Waals surface area contributed by atoms with Crippen molar-refractivity contribution in [1.82, 2.24) is 15.2 Å². The van der Waals surface area contributed by atoms with Gasteiger partial charge in [-0.25, -0.2) is 4.98 Å². The first-order valence-corrected chi connectivity index (χ1v) is 7.93. The summed E-state index contributed by atoms with van der Waals surface area (Å²) in [7, 11) is 5.44. The van der Waals surface area contributed by atoms with Crippen LogP contribution in [0.2, 0.25) is 0 Å². The van der Waals surface area contributed by atoms with Gasteiger partial charge in [0.25, 0.3) is 0 Å². The van der Waals surface area contributed by atoms with Crippen LogP contribution < -0.4 is 5.32 Å². The number of methoxy groups -OCH3 is 1. The van der Waals surface area contributed by atoms with Crippen LogP contribution in [-0.2, 0) is 17.8 Å². The molecule has 0 amide bonds. The molecule has 2 heterocycles. The van der Waals surface area contributed by atoms with Gasteiger partial charge >= 0.3 is 0 Å². The van der Waals surface area contributed by atoms with Crippen LogP contribution in [0.25, 0.3) is 0 Å². The average Bonchev–Trinajstić information content (AvgIpc) is 3.18. The standard InChI is InChI=1S/C15H22N4O2S.HI/c1-11(20-4)14-18-12(10-22-14)9-19(3)15(16-2)17-8-13-6-5-7-21-13;/h5-7,10-11H,8-9H2,1-4H3,(H,16,17);1H. The zero-order valence-electron chi connectivity index (χ0n) is 13.8. The van der Waals surface area contributed by atoms with Gasteiger partial charge in [0.1, 0.15) is 16.9 Å². The molecule has 0 aromatic carbocycles. The summed E-state index contributed by atoms with van der Waals surface area (Å²) in [6.07, 6.45) is 1.69. The van der Waals surface area contributed by atoms with Crippen LogP contribution in [0, 0.1) is 0 Å². The predicted molar refractivity (Wildman–Crippen MR) is 103 cm³/mol. The topological polar surface area (TPSA) is 62.9 Å². The molecular formula is C15H23IN4O2S. The molecule has 8 heteroatoms. The summed E-state index contributed by atoms with van der Waals surface area (Å²) in [6.45, 7) is 3.29. The summed E-state index contributed by atoms with van der Waals surface area (Å²) in [4.78, 5) is 10.9. The Morgan fingerprint density at radius 2 is 2.35 bits per heavy atom. The summed E-state index contributed by atoms with van der Waals surface area (Å²) in [5.74, 6) is 1.67. The number of thiazole rings is 1. The van der Waals surface area contributed by atoms with E-state index in [-0.39, 0.29) is 30.1 Å². The smallest absolute Gasteiger partial charge is 0.194 e. The molecule has 2 aromatic heterocycles. The van der Waals surface area contributed by atoms with E-state index >= 15 is 0 Å². The number of hydrogen-bond acceptors (Lipinski definition) is 5. The Morgan fingerprint density at radius 1 is 1.57 bits per heavy atom. The Kier molecular flexibility index (Phi) is 8.56. The number of hydrogen-bond donors (Lipinski definition) is 1. The van der Waals surface area contributed by atoms with E-state index in [2.05, 4.69) is 20.7 Å². The van der Waals surface area contributed by atoms with Crippen molar-refractivity contribution in [3.8, 4) is 0 Å². The second kappa shape index (κ2) is 9.89. The van der Waals surface area contributed by atoms with Crippen molar-refractivity contribution >= 4 is 41.3 Å². The van der Waals surface area contributed by atoms with Crippen LogP contribution in [0.4, 0.5) is 0 Å². The van der Waals surface area contributed by atoms with Crippen LogP contribution in [-0.4, -0.2) is 37.0 Å². The zero-order chi connectivity index (χ0) is 15.9. The lowest BCUT2D eigenvalue weighted by molar-refractivity contribution is 0.119. The van der Waals surface area contributed by atoms with Gasteiger partial charge < -0.3 is 19.4 Å². The molecule has 2 rings (SSSR count). The number of nitrogens with one attached hydrogen (secondary N) is 1. The monoisotopic (exact) mass is 450 g/mol. The van der Waals surface area contributed by atoms with Gasteiger partial charge in [0.05, 0.1) is 25.0 Å². The highest BCUT2D eigenvalue weighted by atomic mass is 127. The Hall–Kier alpha value is -1.13. The number of nitrogens with zero attached hydrogens (tertiary/aromatic N) is 3. The minimum atomic E-state index is 0. The van der Waals surface area contributed by atoms with Gasteiger partial charge in [0.2, 0.25) is 0 Å². The van der Waals surface area contributed by atoms with Crippen LogP contribution in [0.15, 0.2) is 33.2 Å². The molecule has 0 bridgehead atoms. The van der Waals surface area contributed by atoms with Crippen molar-refractivity contribution in [1.29, 1.82) is 0 Å². The molecule has 2 aromatic rings. The maximum atomic E-state index is 5.31. The van der Waals surface area contributed by atoms with Crippen molar-refractivity contribution in [2.45, 2.75) is 26.1 Å². The molecule has 0 spiro atoms. The third-order valence-corrected chi connectivity index (χ3v) is 4.30. The molecule has 0 radical (unpaired) electrons. The number of halogens is 1. The zero-order valence-corrected chi connectivity index (χ0v) is 16.9. The number of ether oxygens (including phenoxy) is 1. The molecular weight excluding hydrogens is 427 g/mol. The Labute approximate surface area is 158 Å². The minimum absolute atomic E-state index is 0. The Balaban J connectivity index is 0.00000264. The van der Waals surface area contributed by atoms with Crippen LogP contribution in [0.5, 0.6) is 0 Å². The molecule has 1 unspecified atom stereocenters. The van der Waals surface area contributed by atoms with Crippen LogP contribution in [0.1, 0.15) is 29.5 Å². The van der Waals surface area contributed by atoms with Crippen molar-refractivity contribution in [3.63, 3.8) is 0 Å². The lowest BCUT2D eigenvalue weighted by atomic mass is 10.4. The predicted octanol–water partition coefficient (Wildman–Crippen LogP) is 3.27. The summed E-state index contributed by atoms with van der Waals surface area (Å²) in [6, 6.07) is 3.80. The van der Waals surface area contributed by atoms with Crippen LogP contribution in [0.3, 0.4) is 0 Å². The maximum Gasteiger partial charge on any atom is 0.194 e. The van der Waals surface area contributed by atoms with E-state index in [0.29, 0.717) is 13.1 Å². The lowest BCUT2D eigenvalue weighted by Gasteiger charge is -2.20. The first-order valence-electron chi connectivity index (χ1n) is 7.05. The van der Waals surface area contributed by atoms with E-state index in [1.165, 1.54) is 0 Å². The molecule has 0 saturated heterocycles. The molecule has 1 N–H and O–H groups in total. The van der Waals surface area contributed by atoms with E-state index in [4.69, 9.17) is 9.15 Å². The van der Waals surface area contributed by atoms with Gasteiger partial charge in [0, 0.05) is 26.6 Å². The quantitative estimate of drug-likeness (QED) is 0.416. The third-order valence-electron chi connectivity index (χ3n) is 3.24. The van der Waals surface area contributed by atoms with Crippen molar-refractivity contribution < 1.29 is 9.15 Å². The molecule has 6 nitrogen and oxygen atoms in total.